The van der Waals surface area contributed by atoms with E-state index in [1.807, 2.05) is 12.2 Å². The van der Waals surface area contributed by atoms with Crippen LogP contribution in [0.4, 0.5) is 5.82 Å². The van der Waals surface area contributed by atoms with Crippen molar-refractivity contribution in [2.24, 2.45) is 5.92 Å². The maximum absolute atomic E-state index is 12.9. The van der Waals surface area contributed by atoms with Crippen LogP contribution < -0.4 is 11.4 Å². The largest absolute Gasteiger partial charge is 0.481 e. The molecule has 1 aromatic rings. The molecule has 2 aliphatic heterocycles. The van der Waals surface area contributed by atoms with Gasteiger partial charge >= 0.3 is 33.3 Å². The smallest absolute Gasteiger partial charge is 0.462 e. The summed E-state index contributed by atoms with van der Waals surface area (Å²) in [5.41, 5.74) is 4.59. The third kappa shape index (κ3) is 28.3. The van der Waals surface area contributed by atoms with Crippen LogP contribution in [0.25, 0.3) is 0 Å². The van der Waals surface area contributed by atoms with Gasteiger partial charge in [0.1, 0.15) is 30.7 Å². The summed E-state index contributed by atoms with van der Waals surface area (Å²) in [5, 5.41) is 20.9. The number of aliphatic hydroxyl groups is 2. The molecule has 4 unspecified atom stereocenters. The quantitative estimate of drug-likeness (QED) is 0.0134. The number of ether oxygens (including phenoxy) is 4. The molecule has 2 saturated heterocycles. The van der Waals surface area contributed by atoms with Crippen LogP contribution in [0.3, 0.4) is 0 Å². The molecule has 9 atom stereocenters. The number of aliphatic hydroxyl groups excluding tert-OH is 2. The van der Waals surface area contributed by atoms with E-state index in [1.165, 1.54) is 76.7 Å². The van der Waals surface area contributed by atoms with Crippen molar-refractivity contribution in [1.29, 1.82) is 0 Å². The summed E-state index contributed by atoms with van der Waals surface area (Å²) in [6.45, 7) is 4.38. The molecule has 3 rings (SSSR count). The summed E-state index contributed by atoms with van der Waals surface area (Å²) in [7, 11) is -10.9. The zero-order valence-electron chi connectivity index (χ0n) is 42.4. The highest BCUT2D eigenvalue weighted by molar-refractivity contribution is 7.61. The number of carbonyl (C=O) groups is 2. The number of unbranched alkanes of at least 4 members (excludes halogenated alkanes) is 15. The third-order valence-electron chi connectivity index (χ3n) is 12.1. The molecule has 0 bridgehead atoms. The first kappa shape index (κ1) is 62.2. The Balaban J connectivity index is 1.41. The van der Waals surface area contributed by atoms with Gasteiger partial charge in [0.25, 0.3) is 0 Å². The van der Waals surface area contributed by atoms with Crippen molar-refractivity contribution in [3.05, 3.63) is 59.2 Å². The second kappa shape index (κ2) is 35.2. The van der Waals surface area contributed by atoms with Gasteiger partial charge in [-0.25, -0.2) is 13.9 Å². The van der Waals surface area contributed by atoms with Gasteiger partial charge in [-0.1, -0.05) is 147 Å². The Morgan fingerprint density at radius 2 is 1.31 bits per heavy atom. The zero-order chi connectivity index (χ0) is 51.9. The Morgan fingerprint density at radius 3 is 1.96 bits per heavy atom. The molecular weight excluding hydrogens is 961 g/mol. The van der Waals surface area contributed by atoms with Crippen LogP contribution in [-0.4, -0.2) is 97.9 Å². The number of allylic oxidation sites excluding steroid dienone is 4. The Morgan fingerprint density at radius 1 is 0.732 bits per heavy atom. The predicted molar refractivity (Wildman–Crippen MR) is 270 cm³/mol. The van der Waals surface area contributed by atoms with E-state index in [0.29, 0.717) is 25.4 Å². The lowest BCUT2D eigenvalue weighted by atomic mass is 10.0. The van der Waals surface area contributed by atoms with Crippen LogP contribution in [0, 0.1) is 5.92 Å². The summed E-state index contributed by atoms with van der Waals surface area (Å²) >= 11 is 0. The molecule has 0 saturated carbocycles. The minimum absolute atomic E-state index is 0.0301. The lowest BCUT2D eigenvalue weighted by Gasteiger charge is -2.21. The second-order valence-electron chi connectivity index (χ2n) is 18.9. The van der Waals surface area contributed by atoms with Gasteiger partial charge in [-0.2, -0.15) is 9.29 Å². The molecule has 0 radical (unpaired) electrons. The van der Waals surface area contributed by atoms with E-state index in [4.69, 9.17) is 33.7 Å². The van der Waals surface area contributed by atoms with Gasteiger partial charge in [0.15, 0.2) is 12.3 Å². The SMILES string of the molecule is CCCCC/C=C\CC1OC1C/C=C\C/C=C\CCCC(=O)O[C@H](COC(=O)CCCCCCCCCCCCCCC(C)C)COP(=O)(O)OP(=O)(O)OC[C@H]1O[C@@H](n2ccc(N)nc2=O)[C@H](O)[C@@H]1O. The number of nitrogens with two attached hydrogens (primary N) is 1. The highest BCUT2D eigenvalue weighted by atomic mass is 31.3. The number of carbonyl (C=O) groups excluding carboxylic acids is 2. The number of phosphoric acid groups is 2. The zero-order valence-corrected chi connectivity index (χ0v) is 44.2. The molecule has 21 heteroatoms. The summed E-state index contributed by atoms with van der Waals surface area (Å²) < 4.78 is 62.5. The lowest BCUT2D eigenvalue weighted by molar-refractivity contribution is -0.161. The van der Waals surface area contributed by atoms with Crippen molar-refractivity contribution in [2.45, 2.75) is 218 Å². The van der Waals surface area contributed by atoms with Gasteiger partial charge < -0.3 is 44.7 Å². The van der Waals surface area contributed by atoms with Gasteiger partial charge in [0, 0.05) is 19.0 Å². The maximum Gasteiger partial charge on any atom is 0.481 e. The first-order valence-electron chi connectivity index (χ1n) is 26.0. The summed E-state index contributed by atoms with van der Waals surface area (Å²) in [6, 6.07) is 1.24. The van der Waals surface area contributed by atoms with E-state index in [2.05, 4.69) is 54.4 Å². The van der Waals surface area contributed by atoms with Crippen molar-refractivity contribution in [3.63, 3.8) is 0 Å². The fourth-order valence-corrected chi connectivity index (χ4v) is 10.00. The molecule has 3 heterocycles. The van der Waals surface area contributed by atoms with E-state index >= 15 is 0 Å². The van der Waals surface area contributed by atoms with Crippen molar-refractivity contribution in [2.75, 3.05) is 25.6 Å². The highest BCUT2D eigenvalue weighted by Crippen LogP contribution is 2.60. The van der Waals surface area contributed by atoms with E-state index in [1.54, 1.807) is 0 Å². The Bertz CT molecular complexity index is 1910. The molecule has 19 nitrogen and oxygen atoms in total. The number of anilines is 1. The second-order valence-corrected chi connectivity index (χ2v) is 21.9. The van der Waals surface area contributed by atoms with Gasteiger partial charge in [0.2, 0.25) is 0 Å². The van der Waals surface area contributed by atoms with Crippen molar-refractivity contribution in [1.82, 2.24) is 9.55 Å². The fourth-order valence-electron chi connectivity index (χ4n) is 7.89. The highest BCUT2D eigenvalue weighted by Gasteiger charge is 2.46. The lowest BCUT2D eigenvalue weighted by Crippen LogP contribution is -2.36. The molecule has 0 amide bonds. The molecule has 1 aromatic heterocycles. The van der Waals surface area contributed by atoms with E-state index in [0.717, 1.165) is 68.0 Å². The number of hydrogen-bond acceptors (Lipinski definition) is 16. The number of hydrogen-bond donors (Lipinski definition) is 5. The maximum atomic E-state index is 12.9. The summed E-state index contributed by atoms with van der Waals surface area (Å²) in [4.78, 5) is 62.0. The summed E-state index contributed by atoms with van der Waals surface area (Å²) in [5.74, 6) is -0.591. The number of esters is 2. The first-order valence-corrected chi connectivity index (χ1v) is 29.0. The molecular formula is C50H85N3O16P2. The van der Waals surface area contributed by atoms with Crippen LogP contribution in [0.2, 0.25) is 0 Å². The number of epoxide rings is 1. The van der Waals surface area contributed by atoms with Crippen LogP contribution in [0.15, 0.2) is 53.5 Å². The van der Waals surface area contributed by atoms with Gasteiger partial charge in [0.05, 0.1) is 25.4 Å². The Hall–Kier alpha value is -3.06. The van der Waals surface area contributed by atoms with Crippen LogP contribution in [0.5, 0.6) is 0 Å². The van der Waals surface area contributed by atoms with Crippen molar-refractivity contribution in [3.8, 4) is 0 Å². The standard InChI is InChI=1S/C50H85N3O16P2/c1-4-5-6-7-20-25-30-41-42(67-41)31-26-21-16-14-18-23-28-33-46(55)66-40(36-63-45(54)32-27-22-17-13-11-9-8-10-12-15-19-24-29-39(2)3)37-64-70(59,60)69-71(61,62)65-38-43-47(56)48(57)49(68-43)53-35-34-44(51)52-50(53)58/h14,18,20-21,25-26,34-35,39-43,47-49,56-57H,4-13,15-17,19,22-24,27-33,36-38H2,1-3H3,(H,59,60)(H,61,62)(H2,51,52,58)/b18-14-,25-20-,26-21-/t40-,41?,42?,43-,47-,48-,49-/m1/s1. The number of nitrogen functional groups attached to an aromatic ring is 1. The van der Waals surface area contributed by atoms with Gasteiger partial charge in [-0.3, -0.25) is 23.2 Å². The number of rotatable bonds is 41. The molecule has 0 spiro atoms. The topological polar surface area (TPSA) is 278 Å². The monoisotopic (exact) mass is 1050 g/mol. The van der Waals surface area contributed by atoms with Gasteiger partial charge in [-0.15, -0.1) is 0 Å². The fraction of sp³-hybridized carbons (Fsp3) is 0.760. The van der Waals surface area contributed by atoms with E-state index in [-0.39, 0.29) is 24.8 Å². The van der Waals surface area contributed by atoms with Crippen molar-refractivity contribution >= 4 is 33.4 Å². The van der Waals surface area contributed by atoms with Crippen molar-refractivity contribution < 1.29 is 71.0 Å². The number of nitrogens with zero attached hydrogens (tertiary/aromatic N) is 2. The third-order valence-corrected chi connectivity index (χ3v) is 14.7. The number of aromatic nitrogens is 2. The Labute approximate surface area is 421 Å². The van der Waals surface area contributed by atoms with E-state index in [9.17, 15) is 43.5 Å². The molecule has 0 aliphatic carbocycles. The first-order chi connectivity index (χ1) is 34.0. The molecule has 2 fully saturated rings. The minimum Gasteiger partial charge on any atom is -0.462 e. The molecule has 2 aliphatic rings. The predicted octanol–water partition coefficient (Wildman–Crippen LogP) is 9.62. The van der Waals surface area contributed by atoms with Crippen LogP contribution in [-0.2, 0) is 51.0 Å². The normalized spacial score (nSPS) is 22.4. The minimum atomic E-state index is -5.44. The summed E-state index contributed by atoms with van der Waals surface area (Å²) in [6.07, 6.45) is 29.8. The average Bonchev–Trinajstić information content (AvgIpc) is 4.00. The number of phosphoric ester groups is 2. The molecule has 0 aromatic carbocycles. The van der Waals surface area contributed by atoms with Crippen LogP contribution in [0.1, 0.15) is 181 Å². The van der Waals surface area contributed by atoms with Crippen LogP contribution >= 0.6 is 15.6 Å². The molecule has 406 valence electrons. The molecule has 6 N–H and O–H groups in total. The van der Waals surface area contributed by atoms with Gasteiger partial charge in [-0.05, 0) is 63.4 Å². The average molecular weight is 1050 g/mol. The molecule has 71 heavy (non-hydrogen) atoms. The van der Waals surface area contributed by atoms with E-state index < -0.39 is 83.7 Å². The Kier molecular flexibility index (Phi) is 30.9.